The molecule has 0 heterocycles. The third-order valence-electron chi connectivity index (χ3n) is 1.59. The second-order valence-electron chi connectivity index (χ2n) is 4.66. The van der Waals surface area contributed by atoms with Gasteiger partial charge in [-0.05, 0) is 26.7 Å². The number of carbonyl (C=O) groups excluding carboxylic acids is 1. The molecule has 1 unspecified atom stereocenters. The number of hydrogen-bond acceptors (Lipinski definition) is 3. The van der Waals surface area contributed by atoms with Crippen LogP contribution in [0, 0.1) is 5.92 Å². The fourth-order valence-corrected chi connectivity index (χ4v) is 1.65. The second kappa shape index (κ2) is 6.33. The van der Waals surface area contributed by atoms with Crippen molar-refractivity contribution in [3.63, 3.8) is 0 Å². The lowest BCUT2D eigenvalue weighted by molar-refractivity contribution is -0.0481. The van der Waals surface area contributed by atoms with Crippen LogP contribution in [0.15, 0.2) is 0 Å². The Labute approximate surface area is 99.8 Å². The third-order valence-corrected chi connectivity index (χ3v) is 2.23. The highest BCUT2D eigenvalue weighted by atomic mass is 79.9. The van der Waals surface area contributed by atoms with Crippen LogP contribution in [-0.2, 0) is 9.57 Å². The number of rotatable bonds is 4. The molecule has 0 aliphatic carbocycles. The lowest BCUT2D eigenvalue weighted by Crippen LogP contribution is -2.37. The van der Waals surface area contributed by atoms with Gasteiger partial charge in [0.05, 0.1) is 6.10 Å². The summed E-state index contributed by atoms with van der Waals surface area (Å²) in [6.45, 7) is 9.44. The Kier molecular flexibility index (Phi) is 6.20. The van der Waals surface area contributed by atoms with Gasteiger partial charge in [0.1, 0.15) is 5.60 Å². The SMILES string of the molecule is CC(C)C(CBr)ONC(=O)OC(C)(C)C. The summed E-state index contributed by atoms with van der Waals surface area (Å²) in [6.07, 6.45) is -0.619. The van der Waals surface area contributed by atoms with Gasteiger partial charge in [-0.2, -0.15) is 5.48 Å². The highest BCUT2D eigenvalue weighted by Gasteiger charge is 2.18. The molecule has 0 radical (unpaired) electrons. The summed E-state index contributed by atoms with van der Waals surface area (Å²) in [5.74, 6) is 0.319. The maximum atomic E-state index is 11.2. The molecule has 0 bridgehead atoms. The van der Waals surface area contributed by atoms with Crippen LogP contribution < -0.4 is 5.48 Å². The highest BCUT2D eigenvalue weighted by molar-refractivity contribution is 9.09. The van der Waals surface area contributed by atoms with E-state index in [4.69, 9.17) is 9.57 Å². The number of ether oxygens (including phenoxy) is 1. The van der Waals surface area contributed by atoms with Gasteiger partial charge in [-0.15, -0.1) is 0 Å². The molecule has 0 aliphatic rings. The predicted octanol–water partition coefficient (Wildman–Crippen LogP) is 2.86. The molecule has 0 spiro atoms. The molecule has 15 heavy (non-hydrogen) atoms. The Balaban J connectivity index is 3.89. The van der Waals surface area contributed by atoms with Crippen LogP contribution in [0.25, 0.3) is 0 Å². The van der Waals surface area contributed by atoms with E-state index >= 15 is 0 Å². The van der Waals surface area contributed by atoms with Gasteiger partial charge < -0.3 is 4.74 Å². The number of hydrogen-bond donors (Lipinski definition) is 1. The fraction of sp³-hybridized carbons (Fsp3) is 0.900. The van der Waals surface area contributed by atoms with E-state index in [-0.39, 0.29) is 6.10 Å². The normalized spacial score (nSPS) is 13.8. The maximum Gasteiger partial charge on any atom is 0.431 e. The molecule has 90 valence electrons. The van der Waals surface area contributed by atoms with E-state index in [1.54, 1.807) is 20.8 Å². The lowest BCUT2D eigenvalue weighted by atomic mass is 10.1. The molecule has 5 heteroatoms. The van der Waals surface area contributed by atoms with Gasteiger partial charge in [0.15, 0.2) is 0 Å². The van der Waals surface area contributed by atoms with Gasteiger partial charge in [-0.1, -0.05) is 29.8 Å². The maximum absolute atomic E-state index is 11.2. The summed E-state index contributed by atoms with van der Waals surface area (Å²) in [6, 6.07) is 0. The summed E-state index contributed by atoms with van der Waals surface area (Å²) in [7, 11) is 0. The van der Waals surface area contributed by atoms with Crippen LogP contribution in [0.1, 0.15) is 34.6 Å². The summed E-state index contributed by atoms with van der Waals surface area (Å²) in [5.41, 5.74) is 1.78. The van der Waals surface area contributed by atoms with Gasteiger partial charge in [0.25, 0.3) is 0 Å². The molecule has 4 nitrogen and oxygen atoms in total. The van der Waals surface area contributed by atoms with Gasteiger partial charge in [-0.3, -0.25) is 4.84 Å². The molecule has 0 fully saturated rings. The van der Waals surface area contributed by atoms with Crippen molar-refractivity contribution in [2.45, 2.75) is 46.3 Å². The van der Waals surface area contributed by atoms with Gasteiger partial charge >= 0.3 is 6.09 Å². The summed E-state index contributed by atoms with van der Waals surface area (Å²) >= 11 is 3.31. The number of nitrogens with one attached hydrogen (secondary N) is 1. The molecule has 1 atom stereocenters. The summed E-state index contributed by atoms with van der Waals surface area (Å²) in [4.78, 5) is 16.4. The van der Waals surface area contributed by atoms with Crippen molar-refractivity contribution in [2.24, 2.45) is 5.92 Å². The van der Waals surface area contributed by atoms with Gasteiger partial charge in [0, 0.05) is 5.33 Å². The minimum atomic E-state index is -0.561. The minimum absolute atomic E-state index is 0.0579. The Hall–Kier alpha value is -0.290. The number of hydroxylamine groups is 1. The van der Waals surface area contributed by atoms with Crippen molar-refractivity contribution in [1.29, 1.82) is 0 Å². The molecule has 0 saturated carbocycles. The largest absolute Gasteiger partial charge is 0.442 e. The molecule has 0 aromatic heterocycles. The first-order valence-electron chi connectivity index (χ1n) is 4.97. The van der Waals surface area contributed by atoms with E-state index in [1.807, 2.05) is 13.8 Å². The predicted molar refractivity (Wildman–Crippen MR) is 62.9 cm³/mol. The molecule has 1 N–H and O–H groups in total. The van der Waals surface area contributed by atoms with E-state index < -0.39 is 11.7 Å². The topological polar surface area (TPSA) is 47.6 Å². The van der Waals surface area contributed by atoms with E-state index in [1.165, 1.54) is 0 Å². The van der Waals surface area contributed by atoms with Crippen LogP contribution >= 0.6 is 15.9 Å². The molecule has 0 saturated heterocycles. The van der Waals surface area contributed by atoms with Crippen molar-refractivity contribution in [3.05, 3.63) is 0 Å². The van der Waals surface area contributed by atoms with Crippen molar-refractivity contribution in [2.75, 3.05) is 5.33 Å². The lowest BCUT2D eigenvalue weighted by Gasteiger charge is -2.22. The van der Waals surface area contributed by atoms with E-state index in [0.29, 0.717) is 11.2 Å². The summed E-state index contributed by atoms with van der Waals surface area (Å²) in [5, 5.41) is 0.667. The first-order valence-corrected chi connectivity index (χ1v) is 6.09. The fourth-order valence-electron chi connectivity index (χ4n) is 0.768. The van der Waals surface area contributed by atoms with Crippen molar-refractivity contribution in [1.82, 2.24) is 5.48 Å². The zero-order chi connectivity index (χ0) is 12.1. The molecular formula is C10H20BrNO3. The Morgan fingerprint density at radius 1 is 1.40 bits per heavy atom. The van der Waals surface area contributed by atoms with Crippen molar-refractivity contribution >= 4 is 22.0 Å². The number of carbonyl (C=O) groups is 1. The Morgan fingerprint density at radius 2 is 1.93 bits per heavy atom. The number of halogens is 1. The second-order valence-corrected chi connectivity index (χ2v) is 5.31. The molecule has 0 aromatic carbocycles. The van der Waals surface area contributed by atoms with Crippen LogP contribution in [0.3, 0.4) is 0 Å². The summed E-state index contributed by atoms with van der Waals surface area (Å²) < 4.78 is 5.02. The Bertz CT molecular complexity index is 201. The van der Waals surface area contributed by atoms with Gasteiger partial charge in [0.2, 0.25) is 0 Å². The van der Waals surface area contributed by atoms with E-state index in [2.05, 4.69) is 21.4 Å². The highest BCUT2D eigenvalue weighted by Crippen LogP contribution is 2.09. The standard InChI is InChI=1S/C10H20BrNO3/c1-7(2)8(6-11)15-12-9(13)14-10(3,4)5/h7-8H,6H2,1-5H3,(H,12,13). The first kappa shape index (κ1) is 14.7. The molecule has 0 aromatic rings. The van der Waals surface area contributed by atoms with E-state index in [0.717, 1.165) is 0 Å². The zero-order valence-electron chi connectivity index (χ0n) is 9.96. The average Bonchev–Trinajstić information content (AvgIpc) is 2.01. The quantitative estimate of drug-likeness (QED) is 0.637. The van der Waals surface area contributed by atoms with E-state index in [9.17, 15) is 4.79 Å². The monoisotopic (exact) mass is 281 g/mol. The average molecular weight is 282 g/mol. The molecule has 1 amide bonds. The molecular weight excluding hydrogens is 262 g/mol. The number of alkyl halides is 1. The zero-order valence-corrected chi connectivity index (χ0v) is 11.6. The number of amides is 1. The van der Waals surface area contributed by atoms with Crippen LogP contribution in [0.5, 0.6) is 0 Å². The molecule has 0 rings (SSSR count). The molecule has 0 aliphatic heterocycles. The third kappa shape index (κ3) is 7.62. The van der Waals surface area contributed by atoms with Crippen LogP contribution in [-0.4, -0.2) is 23.1 Å². The smallest absolute Gasteiger partial charge is 0.431 e. The van der Waals surface area contributed by atoms with Gasteiger partial charge in [-0.25, -0.2) is 4.79 Å². The Morgan fingerprint density at radius 3 is 2.27 bits per heavy atom. The van der Waals surface area contributed by atoms with Crippen LogP contribution in [0.4, 0.5) is 4.79 Å². The first-order chi connectivity index (χ1) is 6.76. The van der Waals surface area contributed by atoms with Crippen LogP contribution in [0.2, 0.25) is 0 Å². The minimum Gasteiger partial charge on any atom is -0.442 e. The van der Waals surface area contributed by atoms with Crippen molar-refractivity contribution in [3.8, 4) is 0 Å². The van der Waals surface area contributed by atoms with Crippen molar-refractivity contribution < 1.29 is 14.4 Å².